The molecule has 1 N–H and O–H groups in total. The Hall–Kier alpha value is -3.17. The Bertz CT molecular complexity index is 1330. The van der Waals surface area contributed by atoms with Gasteiger partial charge < -0.3 is 19.9 Å². The first-order valence-electron chi connectivity index (χ1n) is 15.5. The molecule has 1 unspecified atom stereocenters. The van der Waals surface area contributed by atoms with Crippen LogP contribution in [-0.4, -0.2) is 88.5 Å². The number of halogens is 1. The van der Waals surface area contributed by atoms with Crippen molar-refractivity contribution in [1.82, 2.24) is 25.0 Å². The largest absolute Gasteiger partial charge is 0.444 e. The zero-order chi connectivity index (χ0) is 30.7. The van der Waals surface area contributed by atoms with E-state index in [0.29, 0.717) is 32.6 Å². The molecule has 0 spiro atoms. The molecule has 1 aliphatic carbocycles. The highest BCUT2D eigenvalue weighted by Gasteiger charge is 2.34. The number of piperidine rings is 1. The number of piperazine rings is 1. The second kappa shape index (κ2) is 13.2. The van der Waals surface area contributed by atoms with Gasteiger partial charge in [-0.3, -0.25) is 19.5 Å². The third-order valence-electron chi connectivity index (χ3n) is 8.77. The molecule has 1 aromatic heterocycles. The van der Waals surface area contributed by atoms with Crippen molar-refractivity contribution < 1.29 is 19.1 Å². The number of carbonyl (C=O) groups excluding carboxylic acids is 3. The van der Waals surface area contributed by atoms with Crippen molar-refractivity contribution >= 4 is 29.5 Å². The van der Waals surface area contributed by atoms with Gasteiger partial charge in [-0.05, 0) is 94.2 Å². The van der Waals surface area contributed by atoms with Gasteiger partial charge >= 0.3 is 6.09 Å². The number of carbonyl (C=O) groups is 3. The Balaban J connectivity index is 1.12. The number of rotatable bonds is 5. The number of amides is 3. The summed E-state index contributed by atoms with van der Waals surface area (Å²) in [5, 5.41) is 3.40. The number of aromatic nitrogens is 1. The number of pyridine rings is 1. The second-order valence-corrected chi connectivity index (χ2v) is 13.5. The molecule has 43 heavy (non-hydrogen) atoms. The molecule has 9 nitrogen and oxygen atoms in total. The maximum absolute atomic E-state index is 13.3. The highest BCUT2D eigenvalue weighted by atomic mass is 35.5. The average molecular weight is 610 g/mol. The van der Waals surface area contributed by atoms with Gasteiger partial charge in [-0.15, -0.1) is 0 Å². The van der Waals surface area contributed by atoms with Crippen molar-refractivity contribution in [1.29, 1.82) is 0 Å². The third-order valence-corrected chi connectivity index (χ3v) is 9.01. The highest BCUT2D eigenvalue weighted by molar-refractivity contribution is 6.30. The fourth-order valence-corrected chi connectivity index (χ4v) is 6.73. The second-order valence-electron chi connectivity index (χ2n) is 13.1. The minimum atomic E-state index is -0.663. The summed E-state index contributed by atoms with van der Waals surface area (Å²) in [6.07, 6.45) is 5.22. The molecule has 1 aromatic carbocycles. The summed E-state index contributed by atoms with van der Waals surface area (Å²) in [4.78, 5) is 49.4. The van der Waals surface area contributed by atoms with Crippen molar-refractivity contribution in [2.24, 2.45) is 5.92 Å². The lowest BCUT2D eigenvalue weighted by atomic mass is 9.92. The number of hydrogen-bond donors (Lipinski definition) is 1. The molecule has 2 atom stereocenters. The molecule has 2 aromatic rings. The molecular weight excluding hydrogens is 566 g/mol. The summed E-state index contributed by atoms with van der Waals surface area (Å²) in [5.41, 5.74) is 4.30. The van der Waals surface area contributed by atoms with Crippen LogP contribution in [0.1, 0.15) is 75.4 Å². The first kappa shape index (κ1) is 31.3. The number of nitrogens with one attached hydrogen (secondary N) is 1. The average Bonchev–Trinajstić information content (AvgIpc) is 3.13. The number of nitrogens with zero attached hydrogens (tertiary/aromatic N) is 4. The van der Waals surface area contributed by atoms with Crippen LogP contribution in [0.25, 0.3) is 0 Å². The predicted octanol–water partition coefficient (Wildman–Crippen LogP) is 4.61. The van der Waals surface area contributed by atoms with E-state index >= 15 is 0 Å². The number of fused-ring (bicyclic) bond motifs is 2. The Morgan fingerprint density at radius 3 is 2.40 bits per heavy atom. The third kappa shape index (κ3) is 7.68. The number of benzene rings is 1. The van der Waals surface area contributed by atoms with Gasteiger partial charge in [-0.2, -0.15) is 0 Å². The molecule has 3 aliphatic rings. The van der Waals surface area contributed by atoms with Crippen LogP contribution in [0.5, 0.6) is 0 Å². The van der Waals surface area contributed by atoms with Gasteiger partial charge in [0.25, 0.3) is 0 Å². The maximum Gasteiger partial charge on any atom is 0.408 e. The number of hydrogen-bond acceptors (Lipinski definition) is 6. The molecule has 2 aliphatic heterocycles. The van der Waals surface area contributed by atoms with Crippen LogP contribution in [0.3, 0.4) is 0 Å². The van der Waals surface area contributed by atoms with Crippen molar-refractivity contribution in [3.8, 4) is 0 Å². The lowest BCUT2D eigenvalue weighted by Gasteiger charge is -2.40. The Morgan fingerprint density at radius 2 is 1.70 bits per heavy atom. The molecule has 3 amide bonds. The molecule has 0 radical (unpaired) electrons. The minimum Gasteiger partial charge on any atom is -0.444 e. The highest BCUT2D eigenvalue weighted by Crippen LogP contribution is 2.37. The standard InChI is InChI=1S/C33H44ClN5O4/c1-22(36-32(42)43-33(2,3)4)31(41)39-14-11-23(12-15-39)20-28(40)37-16-18-38(19-17-37)30-27-10-9-26(34)21-25(27)8-7-24-6-5-13-35-29(24)30/h5-6,9-10,13,21-23,30H,7-8,11-12,14-20H2,1-4H3,(H,36,42)/t22-,30?/m0/s1. The van der Waals surface area contributed by atoms with Crippen molar-refractivity contribution in [3.63, 3.8) is 0 Å². The Morgan fingerprint density at radius 1 is 1.00 bits per heavy atom. The molecule has 3 heterocycles. The van der Waals surface area contributed by atoms with E-state index in [4.69, 9.17) is 21.3 Å². The molecule has 5 rings (SSSR count). The number of ether oxygens (including phenoxy) is 1. The van der Waals surface area contributed by atoms with E-state index in [-0.39, 0.29) is 23.8 Å². The van der Waals surface area contributed by atoms with E-state index in [9.17, 15) is 14.4 Å². The van der Waals surface area contributed by atoms with E-state index in [0.717, 1.165) is 49.5 Å². The minimum absolute atomic E-state index is 0.0530. The van der Waals surface area contributed by atoms with E-state index in [2.05, 4.69) is 28.4 Å². The molecule has 10 heteroatoms. The van der Waals surface area contributed by atoms with Gasteiger partial charge in [-0.25, -0.2) is 4.79 Å². The van der Waals surface area contributed by atoms with Crippen molar-refractivity contribution in [2.75, 3.05) is 39.3 Å². The molecular formula is C33H44ClN5O4. The molecule has 232 valence electrons. The van der Waals surface area contributed by atoms with Crippen LogP contribution in [0, 0.1) is 5.92 Å². The lowest BCUT2D eigenvalue weighted by Crippen LogP contribution is -2.51. The summed E-state index contributed by atoms with van der Waals surface area (Å²) in [6, 6.07) is 9.79. The molecule has 0 saturated carbocycles. The Labute approximate surface area is 259 Å². The van der Waals surface area contributed by atoms with Crippen molar-refractivity contribution in [3.05, 3.63) is 63.9 Å². The van der Waals surface area contributed by atoms with Gasteiger partial charge in [0.05, 0.1) is 11.7 Å². The molecule has 2 saturated heterocycles. The summed E-state index contributed by atoms with van der Waals surface area (Å²) >= 11 is 6.37. The van der Waals surface area contributed by atoms with E-state index in [1.54, 1.807) is 32.6 Å². The molecule has 2 fully saturated rings. The monoisotopic (exact) mass is 609 g/mol. The fraction of sp³-hybridized carbons (Fsp3) is 0.576. The van der Waals surface area contributed by atoms with Crippen molar-refractivity contribution in [2.45, 2.75) is 77.5 Å². The van der Waals surface area contributed by atoms with E-state index in [1.807, 2.05) is 23.2 Å². The van der Waals surface area contributed by atoms with Crippen LogP contribution >= 0.6 is 11.6 Å². The zero-order valence-electron chi connectivity index (χ0n) is 25.8. The van der Waals surface area contributed by atoms with Crippen LogP contribution in [-0.2, 0) is 27.2 Å². The van der Waals surface area contributed by atoms with Crippen LogP contribution in [0.15, 0.2) is 36.5 Å². The van der Waals surface area contributed by atoms with E-state index < -0.39 is 17.7 Å². The van der Waals surface area contributed by atoms with Gasteiger partial charge in [0.15, 0.2) is 0 Å². The molecule has 0 bridgehead atoms. The Kier molecular flexibility index (Phi) is 9.61. The lowest BCUT2D eigenvalue weighted by molar-refractivity contribution is -0.136. The summed E-state index contributed by atoms with van der Waals surface area (Å²) in [6.45, 7) is 11.1. The maximum atomic E-state index is 13.3. The summed E-state index contributed by atoms with van der Waals surface area (Å²) < 4.78 is 5.27. The van der Waals surface area contributed by atoms with Gasteiger partial charge in [0.2, 0.25) is 11.8 Å². The smallest absolute Gasteiger partial charge is 0.408 e. The van der Waals surface area contributed by atoms with Crippen LogP contribution < -0.4 is 5.32 Å². The number of likely N-dealkylation sites (tertiary alicyclic amines) is 1. The summed E-state index contributed by atoms with van der Waals surface area (Å²) in [7, 11) is 0. The SMILES string of the molecule is C[C@H](NC(=O)OC(C)(C)C)C(=O)N1CCC(CC(=O)N2CCN(C3c4ccc(Cl)cc4CCc4cccnc43)CC2)CC1. The number of alkyl carbamates (subject to hydrolysis) is 1. The quantitative estimate of drug-likeness (QED) is 0.532. The van der Waals surface area contributed by atoms with Crippen LogP contribution in [0.2, 0.25) is 5.02 Å². The van der Waals surface area contributed by atoms with Gasteiger partial charge in [0.1, 0.15) is 11.6 Å². The van der Waals surface area contributed by atoms with Gasteiger partial charge in [-0.1, -0.05) is 23.7 Å². The van der Waals surface area contributed by atoms with Crippen LogP contribution in [0.4, 0.5) is 4.79 Å². The first-order chi connectivity index (χ1) is 20.5. The topological polar surface area (TPSA) is 95.1 Å². The summed E-state index contributed by atoms with van der Waals surface area (Å²) in [5.74, 6) is 0.319. The normalized spacial score (nSPS) is 20.4. The number of aryl methyl sites for hydroxylation is 2. The predicted molar refractivity (Wildman–Crippen MR) is 166 cm³/mol. The van der Waals surface area contributed by atoms with E-state index in [1.165, 1.54) is 16.7 Å². The van der Waals surface area contributed by atoms with Gasteiger partial charge in [0, 0.05) is 56.9 Å². The first-order valence-corrected chi connectivity index (χ1v) is 15.9. The fourth-order valence-electron chi connectivity index (χ4n) is 6.54. The zero-order valence-corrected chi connectivity index (χ0v) is 26.5.